The standard InChI is InChI=1S/C18H17FN4O4/c19-13-3-1-12(2-4-13)15-16-17(27-21-15)18(25)23(11-20-16)6-5-14(24)22-7-9-26-10-8-22/h1-4,11H,5-10H2. The molecule has 4 rings (SSSR count). The van der Waals surface area contributed by atoms with Crippen LogP contribution in [0.4, 0.5) is 4.39 Å². The summed E-state index contributed by atoms with van der Waals surface area (Å²) in [6.07, 6.45) is 1.56. The Bertz CT molecular complexity index is 1020. The van der Waals surface area contributed by atoms with Gasteiger partial charge in [0.1, 0.15) is 17.0 Å². The largest absolute Gasteiger partial charge is 0.378 e. The van der Waals surface area contributed by atoms with Crippen molar-refractivity contribution in [3.63, 3.8) is 0 Å². The van der Waals surface area contributed by atoms with Crippen molar-refractivity contribution in [1.82, 2.24) is 19.6 Å². The fraction of sp³-hybridized carbons (Fsp3) is 0.333. The number of morpholine rings is 1. The molecule has 1 aliphatic heterocycles. The number of halogens is 1. The van der Waals surface area contributed by atoms with Crippen molar-refractivity contribution in [2.75, 3.05) is 26.3 Å². The number of nitrogens with zero attached hydrogens (tertiary/aromatic N) is 4. The lowest BCUT2D eigenvalue weighted by atomic mass is 10.1. The number of hydrogen-bond acceptors (Lipinski definition) is 6. The Kier molecular flexibility index (Phi) is 4.68. The smallest absolute Gasteiger partial charge is 0.299 e. The van der Waals surface area contributed by atoms with Crippen molar-refractivity contribution in [3.8, 4) is 11.3 Å². The average Bonchev–Trinajstić information content (AvgIpc) is 3.13. The molecule has 0 saturated carbocycles. The van der Waals surface area contributed by atoms with Gasteiger partial charge in [-0.15, -0.1) is 0 Å². The van der Waals surface area contributed by atoms with Gasteiger partial charge in [0.15, 0.2) is 0 Å². The van der Waals surface area contributed by atoms with Crippen LogP contribution in [0, 0.1) is 5.82 Å². The van der Waals surface area contributed by atoms with E-state index in [1.165, 1.54) is 23.0 Å². The highest BCUT2D eigenvalue weighted by atomic mass is 19.1. The lowest BCUT2D eigenvalue weighted by molar-refractivity contribution is -0.135. The first-order valence-electron chi connectivity index (χ1n) is 8.60. The summed E-state index contributed by atoms with van der Waals surface area (Å²) in [4.78, 5) is 30.8. The van der Waals surface area contributed by atoms with Crippen LogP contribution in [0.15, 0.2) is 39.9 Å². The van der Waals surface area contributed by atoms with E-state index in [2.05, 4.69) is 10.1 Å². The van der Waals surface area contributed by atoms with Crippen LogP contribution in [0.2, 0.25) is 0 Å². The topological polar surface area (TPSA) is 90.5 Å². The summed E-state index contributed by atoms with van der Waals surface area (Å²) in [6, 6.07) is 5.68. The molecule has 2 aromatic heterocycles. The highest BCUT2D eigenvalue weighted by Crippen LogP contribution is 2.24. The van der Waals surface area contributed by atoms with E-state index in [1.807, 2.05) is 0 Å². The van der Waals surface area contributed by atoms with Gasteiger partial charge in [-0.05, 0) is 24.3 Å². The molecule has 3 aromatic rings. The molecule has 1 aliphatic rings. The average molecular weight is 372 g/mol. The molecule has 9 heteroatoms. The highest BCUT2D eigenvalue weighted by Gasteiger charge is 2.19. The van der Waals surface area contributed by atoms with Crippen LogP contribution in [-0.2, 0) is 16.1 Å². The number of fused-ring (bicyclic) bond motifs is 1. The van der Waals surface area contributed by atoms with Crippen LogP contribution >= 0.6 is 0 Å². The van der Waals surface area contributed by atoms with Gasteiger partial charge in [0.05, 0.1) is 19.5 Å². The fourth-order valence-electron chi connectivity index (χ4n) is 3.00. The summed E-state index contributed by atoms with van der Waals surface area (Å²) < 4.78 is 24.8. The molecule has 0 atom stereocenters. The Balaban J connectivity index is 1.55. The quantitative estimate of drug-likeness (QED) is 0.688. The zero-order valence-corrected chi connectivity index (χ0v) is 14.4. The van der Waals surface area contributed by atoms with E-state index in [9.17, 15) is 14.0 Å². The minimum absolute atomic E-state index is 0.00986. The van der Waals surface area contributed by atoms with Crippen molar-refractivity contribution in [2.24, 2.45) is 0 Å². The van der Waals surface area contributed by atoms with E-state index in [1.54, 1.807) is 17.0 Å². The molecule has 0 N–H and O–H groups in total. The van der Waals surface area contributed by atoms with Crippen molar-refractivity contribution >= 4 is 17.0 Å². The van der Waals surface area contributed by atoms with Crippen LogP contribution in [0.5, 0.6) is 0 Å². The zero-order chi connectivity index (χ0) is 18.8. The number of aryl methyl sites for hydroxylation is 1. The molecule has 0 radical (unpaired) electrons. The number of aromatic nitrogens is 3. The molecular weight excluding hydrogens is 355 g/mol. The molecular formula is C18H17FN4O4. The van der Waals surface area contributed by atoms with Crippen molar-refractivity contribution in [2.45, 2.75) is 13.0 Å². The first kappa shape index (κ1) is 17.3. The normalized spacial score (nSPS) is 14.6. The number of carbonyl (C=O) groups is 1. The Labute approximate surface area is 153 Å². The van der Waals surface area contributed by atoms with Gasteiger partial charge in [-0.1, -0.05) is 5.16 Å². The highest BCUT2D eigenvalue weighted by molar-refractivity contribution is 5.87. The number of amides is 1. The summed E-state index contributed by atoms with van der Waals surface area (Å²) in [6.45, 7) is 2.39. The van der Waals surface area contributed by atoms with Crippen LogP contribution in [0.25, 0.3) is 22.4 Å². The van der Waals surface area contributed by atoms with E-state index in [0.717, 1.165) is 0 Å². The number of hydrogen-bond donors (Lipinski definition) is 0. The van der Waals surface area contributed by atoms with Gasteiger partial charge < -0.3 is 14.2 Å². The monoisotopic (exact) mass is 372 g/mol. The molecule has 8 nitrogen and oxygen atoms in total. The molecule has 1 aromatic carbocycles. The summed E-state index contributed by atoms with van der Waals surface area (Å²) in [5.41, 5.74) is 0.884. The Morgan fingerprint density at radius 3 is 2.67 bits per heavy atom. The predicted molar refractivity (Wildman–Crippen MR) is 93.5 cm³/mol. The zero-order valence-electron chi connectivity index (χ0n) is 14.4. The molecule has 0 spiro atoms. The van der Waals surface area contributed by atoms with Crippen LogP contribution in [0.1, 0.15) is 6.42 Å². The lowest BCUT2D eigenvalue weighted by Crippen LogP contribution is -2.41. The fourth-order valence-corrected chi connectivity index (χ4v) is 3.00. The van der Waals surface area contributed by atoms with Gasteiger partial charge in [0.2, 0.25) is 5.91 Å². The second-order valence-electron chi connectivity index (χ2n) is 6.20. The Morgan fingerprint density at radius 2 is 1.93 bits per heavy atom. The maximum atomic E-state index is 13.1. The van der Waals surface area contributed by atoms with E-state index < -0.39 is 5.56 Å². The summed E-state index contributed by atoms with van der Waals surface area (Å²) in [7, 11) is 0. The summed E-state index contributed by atoms with van der Waals surface area (Å²) >= 11 is 0. The number of benzene rings is 1. The molecule has 1 amide bonds. The molecule has 27 heavy (non-hydrogen) atoms. The molecule has 1 saturated heterocycles. The number of carbonyl (C=O) groups excluding carboxylic acids is 1. The van der Waals surface area contributed by atoms with Crippen LogP contribution in [-0.4, -0.2) is 51.8 Å². The third-order valence-corrected chi connectivity index (χ3v) is 4.50. The van der Waals surface area contributed by atoms with Gasteiger partial charge in [-0.2, -0.15) is 0 Å². The Hall–Kier alpha value is -3.07. The van der Waals surface area contributed by atoms with Gasteiger partial charge in [0, 0.05) is 31.6 Å². The number of rotatable bonds is 4. The SMILES string of the molecule is O=C(CCn1cnc2c(-c3ccc(F)cc3)noc2c1=O)N1CCOCC1. The van der Waals surface area contributed by atoms with Gasteiger partial charge in [0.25, 0.3) is 11.1 Å². The third kappa shape index (κ3) is 3.45. The van der Waals surface area contributed by atoms with Crippen LogP contribution in [0.3, 0.4) is 0 Å². The molecule has 0 unspecified atom stereocenters. The maximum Gasteiger partial charge on any atom is 0.299 e. The minimum atomic E-state index is -0.407. The molecule has 140 valence electrons. The van der Waals surface area contributed by atoms with Gasteiger partial charge in [-0.3, -0.25) is 14.2 Å². The number of ether oxygens (including phenoxy) is 1. The van der Waals surface area contributed by atoms with E-state index in [-0.39, 0.29) is 30.3 Å². The predicted octanol–water partition coefficient (Wildman–Crippen LogP) is 1.44. The maximum absolute atomic E-state index is 13.1. The lowest BCUT2D eigenvalue weighted by Gasteiger charge is -2.26. The summed E-state index contributed by atoms with van der Waals surface area (Å²) in [5, 5.41) is 3.90. The minimum Gasteiger partial charge on any atom is -0.378 e. The van der Waals surface area contributed by atoms with Crippen molar-refractivity contribution in [3.05, 3.63) is 46.8 Å². The molecule has 3 heterocycles. The Morgan fingerprint density at radius 1 is 1.19 bits per heavy atom. The van der Waals surface area contributed by atoms with Gasteiger partial charge in [-0.25, -0.2) is 9.37 Å². The van der Waals surface area contributed by atoms with Gasteiger partial charge >= 0.3 is 0 Å². The second-order valence-corrected chi connectivity index (χ2v) is 6.20. The molecule has 0 bridgehead atoms. The molecule has 1 fully saturated rings. The second kappa shape index (κ2) is 7.28. The third-order valence-electron chi connectivity index (χ3n) is 4.50. The van der Waals surface area contributed by atoms with E-state index in [0.29, 0.717) is 43.1 Å². The van der Waals surface area contributed by atoms with Crippen molar-refractivity contribution < 1.29 is 18.4 Å². The van der Waals surface area contributed by atoms with Crippen molar-refractivity contribution in [1.29, 1.82) is 0 Å². The molecule has 0 aliphatic carbocycles. The van der Waals surface area contributed by atoms with E-state index in [4.69, 9.17) is 9.26 Å². The first-order chi connectivity index (χ1) is 13.1. The van der Waals surface area contributed by atoms with E-state index >= 15 is 0 Å². The summed E-state index contributed by atoms with van der Waals surface area (Å²) in [5.74, 6) is -0.401. The van der Waals surface area contributed by atoms with Crippen LogP contribution < -0.4 is 5.56 Å². The first-order valence-corrected chi connectivity index (χ1v) is 8.60.